The Bertz CT molecular complexity index is 148. The third-order valence-electron chi connectivity index (χ3n) is 3.45. The molecule has 1 atom stereocenters. The Kier molecular flexibility index (Phi) is 4.90. The summed E-state index contributed by atoms with van der Waals surface area (Å²) in [5.74, 6) is 0.659. The molecule has 0 aromatic rings. The molecule has 14 heavy (non-hydrogen) atoms. The van der Waals surface area contributed by atoms with E-state index in [0.29, 0.717) is 5.92 Å². The number of nitrogens with one attached hydrogen (secondary N) is 1. The van der Waals surface area contributed by atoms with E-state index < -0.39 is 0 Å². The number of rotatable bonds is 4. The second kappa shape index (κ2) is 5.72. The standard InChI is InChI=1S/C12H25NO/c1-4-14-10-12(11(2)3)8-6-5-7-9-13-12/h11,13H,4-10H2,1-3H3. The van der Waals surface area contributed by atoms with Crippen molar-refractivity contribution in [3.8, 4) is 0 Å². The van der Waals surface area contributed by atoms with Gasteiger partial charge < -0.3 is 10.1 Å². The summed E-state index contributed by atoms with van der Waals surface area (Å²) in [6.07, 6.45) is 5.30. The first-order valence-electron chi connectivity index (χ1n) is 6.04. The Morgan fingerprint density at radius 1 is 1.29 bits per heavy atom. The van der Waals surface area contributed by atoms with Gasteiger partial charge in [-0.1, -0.05) is 26.7 Å². The van der Waals surface area contributed by atoms with Crippen molar-refractivity contribution in [2.24, 2.45) is 5.92 Å². The molecule has 0 spiro atoms. The summed E-state index contributed by atoms with van der Waals surface area (Å²) >= 11 is 0. The molecule has 1 N–H and O–H groups in total. The van der Waals surface area contributed by atoms with Gasteiger partial charge in [-0.05, 0) is 32.2 Å². The van der Waals surface area contributed by atoms with Crippen molar-refractivity contribution in [2.45, 2.75) is 52.0 Å². The molecule has 0 radical (unpaired) electrons. The normalized spacial score (nSPS) is 29.1. The maximum atomic E-state index is 5.63. The van der Waals surface area contributed by atoms with Gasteiger partial charge in [0.1, 0.15) is 0 Å². The number of hydrogen-bond acceptors (Lipinski definition) is 2. The summed E-state index contributed by atoms with van der Waals surface area (Å²) in [6, 6.07) is 0. The van der Waals surface area contributed by atoms with E-state index in [1.54, 1.807) is 0 Å². The van der Waals surface area contributed by atoms with Crippen molar-refractivity contribution < 1.29 is 4.74 Å². The van der Waals surface area contributed by atoms with E-state index in [-0.39, 0.29) is 5.54 Å². The van der Waals surface area contributed by atoms with Crippen LogP contribution in [0.15, 0.2) is 0 Å². The quantitative estimate of drug-likeness (QED) is 0.751. The van der Waals surface area contributed by atoms with Gasteiger partial charge in [0.15, 0.2) is 0 Å². The Hall–Kier alpha value is -0.0800. The molecular formula is C12H25NO. The van der Waals surface area contributed by atoms with Crippen molar-refractivity contribution in [2.75, 3.05) is 19.8 Å². The lowest BCUT2D eigenvalue weighted by molar-refractivity contribution is 0.0492. The molecule has 0 aliphatic carbocycles. The van der Waals surface area contributed by atoms with E-state index in [1.165, 1.54) is 25.7 Å². The van der Waals surface area contributed by atoms with E-state index in [9.17, 15) is 0 Å². The Labute approximate surface area is 88.4 Å². The van der Waals surface area contributed by atoms with Gasteiger partial charge in [-0.15, -0.1) is 0 Å². The molecule has 1 aliphatic rings. The third-order valence-corrected chi connectivity index (χ3v) is 3.45. The molecule has 0 saturated carbocycles. The SMILES string of the molecule is CCOCC1(C(C)C)CCCCCN1. The fourth-order valence-corrected chi connectivity index (χ4v) is 2.23. The van der Waals surface area contributed by atoms with Crippen LogP contribution in [0.3, 0.4) is 0 Å². The van der Waals surface area contributed by atoms with Crippen LogP contribution in [-0.4, -0.2) is 25.3 Å². The van der Waals surface area contributed by atoms with Crippen LogP contribution in [0.1, 0.15) is 46.5 Å². The molecule has 2 nitrogen and oxygen atoms in total. The highest BCUT2D eigenvalue weighted by molar-refractivity contribution is 4.92. The molecule has 84 valence electrons. The molecule has 1 aliphatic heterocycles. The second-order valence-corrected chi connectivity index (χ2v) is 4.69. The van der Waals surface area contributed by atoms with Crippen molar-refractivity contribution in [1.82, 2.24) is 5.32 Å². The van der Waals surface area contributed by atoms with Gasteiger partial charge in [0, 0.05) is 12.1 Å². The summed E-state index contributed by atoms with van der Waals surface area (Å²) in [5, 5.41) is 3.70. The maximum absolute atomic E-state index is 5.63. The van der Waals surface area contributed by atoms with Gasteiger partial charge in [0.2, 0.25) is 0 Å². The topological polar surface area (TPSA) is 21.3 Å². The average molecular weight is 199 g/mol. The number of ether oxygens (including phenoxy) is 1. The lowest BCUT2D eigenvalue weighted by Crippen LogP contribution is -2.52. The molecule has 0 aromatic heterocycles. The van der Waals surface area contributed by atoms with E-state index in [2.05, 4.69) is 26.1 Å². The summed E-state index contributed by atoms with van der Waals surface area (Å²) in [5.41, 5.74) is 0.243. The second-order valence-electron chi connectivity index (χ2n) is 4.69. The van der Waals surface area contributed by atoms with Crippen LogP contribution < -0.4 is 5.32 Å². The fraction of sp³-hybridized carbons (Fsp3) is 1.00. The Balaban J connectivity index is 2.57. The summed E-state index contributed by atoms with van der Waals surface area (Å²) in [7, 11) is 0. The van der Waals surface area contributed by atoms with E-state index in [1.807, 2.05) is 0 Å². The molecule has 1 fully saturated rings. The maximum Gasteiger partial charge on any atom is 0.0650 e. The summed E-state index contributed by atoms with van der Waals surface area (Å²) < 4.78 is 5.63. The average Bonchev–Trinajstić information content (AvgIpc) is 2.41. The van der Waals surface area contributed by atoms with Crippen LogP contribution in [0.4, 0.5) is 0 Å². The molecule has 1 unspecified atom stereocenters. The minimum Gasteiger partial charge on any atom is -0.380 e. The highest BCUT2D eigenvalue weighted by atomic mass is 16.5. The third kappa shape index (κ3) is 2.96. The molecule has 0 amide bonds. The van der Waals surface area contributed by atoms with E-state index in [4.69, 9.17) is 4.74 Å². The van der Waals surface area contributed by atoms with E-state index >= 15 is 0 Å². The summed E-state index contributed by atoms with van der Waals surface area (Å²) in [4.78, 5) is 0. The first-order chi connectivity index (χ1) is 6.71. The zero-order valence-corrected chi connectivity index (χ0v) is 9.94. The highest BCUT2D eigenvalue weighted by Gasteiger charge is 2.33. The van der Waals surface area contributed by atoms with Gasteiger partial charge in [-0.25, -0.2) is 0 Å². The highest BCUT2D eigenvalue weighted by Crippen LogP contribution is 2.27. The van der Waals surface area contributed by atoms with Crippen LogP contribution in [0.25, 0.3) is 0 Å². The van der Waals surface area contributed by atoms with Crippen molar-refractivity contribution in [3.05, 3.63) is 0 Å². The van der Waals surface area contributed by atoms with Crippen LogP contribution in [0.5, 0.6) is 0 Å². The fourth-order valence-electron chi connectivity index (χ4n) is 2.23. The van der Waals surface area contributed by atoms with Crippen molar-refractivity contribution >= 4 is 0 Å². The molecule has 2 heteroatoms. The van der Waals surface area contributed by atoms with Gasteiger partial charge in [0.25, 0.3) is 0 Å². The van der Waals surface area contributed by atoms with Gasteiger partial charge >= 0.3 is 0 Å². The molecule has 1 rings (SSSR count). The van der Waals surface area contributed by atoms with Gasteiger partial charge in [-0.3, -0.25) is 0 Å². The van der Waals surface area contributed by atoms with Crippen LogP contribution in [-0.2, 0) is 4.74 Å². The molecule has 0 aromatic carbocycles. The summed E-state index contributed by atoms with van der Waals surface area (Å²) in [6.45, 7) is 9.54. The first-order valence-corrected chi connectivity index (χ1v) is 6.04. The van der Waals surface area contributed by atoms with Crippen LogP contribution in [0, 0.1) is 5.92 Å². The van der Waals surface area contributed by atoms with Crippen LogP contribution >= 0.6 is 0 Å². The number of hydrogen-bond donors (Lipinski definition) is 1. The Morgan fingerprint density at radius 2 is 2.07 bits per heavy atom. The van der Waals surface area contributed by atoms with Crippen molar-refractivity contribution in [3.63, 3.8) is 0 Å². The molecule has 0 bridgehead atoms. The van der Waals surface area contributed by atoms with Gasteiger partial charge in [-0.2, -0.15) is 0 Å². The van der Waals surface area contributed by atoms with Crippen molar-refractivity contribution in [1.29, 1.82) is 0 Å². The minimum absolute atomic E-state index is 0.243. The predicted molar refractivity (Wildman–Crippen MR) is 60.5 cm³/mol. The molecule has 1 heterocycles. The minimum atomic E-state index is 0.243. The largest absolute Gasteiger partial charge is 0.380 e. The lowest BCUT2D eigenvalue weighted by Gasteiger charge is -2.37. The first kappa shape index (κ1) is 12.0. The zero-order chi connectivity index (χ0) is 10.4. The molecule has 1 saturated heterocycles. The van der Waals surface area contributed by atoms with Crippen LogP contribution in [0.2, 0.25) is 0 Å². The molecular weight excluding hydrogens is 174 g/mol. The monoisotopic (exact) mass is 199 g/mol. The van der Waals surface area contributed by atoms with Gasteiger partial charge in [0.05, 0.1) is 6.61 Å². The smallest absolute Gasteiger partial charge is 0.0650 e. The van der Waals surface area contributed by atoms with E-state index in [0.717, 1.165) is 19.8 Å². The zero-order valence-electron chi connectivity index (χ0n) is 9.94. The Morgan fingerprint density at radius 3 is 2.71 bits per heavy atom. The lowest BCUT2D eigenvalue weighted by atomic mass is 9.83. The predicted octanol–water partition coefficient (Wildman–Crippen LogP) is 2.58.